The van der Waals surface area contributed by atoms with Gasteiger partial charge in [0.05, 0.1) is 11.9 Å². The minimum absolute atomic E-state index is 0.0589. The van der Waals surface area contributed by atoms with E-state index in [0.29, 0.717) is 10.3 Å². The second-order valence-electron chi connectivity index (χ2n) is 7.68. The van der Waals surface area contributed by atoms with Crippen molar-refractivity contribution in [3.63, 3.8) is 0 Å². The summed E-state index contributed by atoms with van der Waals surface area (Å²) in [5.74, 6) is 0. The molecule has 0 aliphatic heterocycles. The predicted octanol–water partition coefficient (Wildman–Crippen LogP) is 5.86. The molecule has 0 atom stereocenters. The van der Waals surface area contributed by atoms with E-state index >= 15 is 0 Å². The topological polar surface area (TPSA) is 62.7 Å². The zero-order valence-corrected chi connectivity index (χ0v) is 19.4. The number of anilines is 1. The van der Waals surface area contributed by atoms with E-state index < -0.39 is 0 Å². The molecule has 5 nitrogen and oxygen atoms in total. The molecular formula is C23H24ClN5S2. The molecular weight excluding hydrogens is 446 g/mol. The van der Waals surface area contributed by atoms with Gasteiger partial charge >= 0.3 is 0 Å². The fraction of sp³-hybridized carbons (Fsp3) is 0.304. The number of nitrogens with one attached hydrogen (secondary N) is 2. The number of benzene rings is 1. The van der Waals surface area contributed by atoms with Crippen molar-refractivity contribution in [2.24, 2.45) is 0 Å². The molecule has 0 radical (unpaired) electrons. The van der Waals surface area contributed by atoms with Gasteiger partial charge in [-0.25, -0.2) is 15.0 Å². The number of aromatic nitrogens is 3. The van der Waals surface area contributed by atoms with Crippen LogP contribution in [0.4, 0.5) is 5.69 Å². The quantitative estimate of drug-likeness (QED) is 0.346. The second kappa shape index (κ2) is 10.4. The van der Waals surface area contributed by atoms with Crippen molar-refractivity contribution in [1.82, 2.24) is 20.3 Å². The second-order valence-corrected chi connectivity index (χ2v) is 9.51. The zero-order chi connectivity index (χ0) is 21.5. The molecule has 31 heavy (non-hydrogen) atoms. The number of rotatable bonds is 6. The van der Waals surface area contributed by atoms with Crippen molar-refractivity contribution in [3.05, 3.63) is 71.6 Å². The molecule has 2 N–H and O–H groups in total. The van der Waals surface area contributed by atoms with Gasteiger partial charge in [0.25, 0.3) is 0 Å². The number of hydrogen-bond acceptors (Lipinski definition) is 5. The number of thiocarbonyl (C=S) groups is 1. The van der Waals surface area contributed by atoms with Gasteiger partial charge < -0.3 is 10.6 Å². The van der Waals surface area contributed by atoms with Crippen LogP contribution in [0, 0.1) is 0 Å². The monoisotopic (exact) mass is 469 g/mol. The highest BCUT2D eigenvalue weighted by atomic mass is 35.5. The predicted molar refractivity (Wildman–Crippen MR) is 131 cm³/mol. The highest BCUT2D eigenvalue weighted by Crippen LogP contribution is 2.39. The lowest BCUT2D eigenvalue weighted by Gasteiger charge is -2.38. The van der Waals surface area contributed by atoms with Crippen LogP contribution < -0.4 is 10.6 Å². The molecule has 1 aromatic carbocycles. The highest BCUT2D eigenvalue weighted by Gasteiger charge is 2.34. The molecule has 1 aliphatic carbocycles. The van der Waals surface area contributed by atoms with Gasteiger partial charge in [-0.3, -0.25) is 0 Å². The SMILES string of the molecule is S=C(NCC1(c2cccc(Cl)c2)CCCCC1)Nc1ccc(Sc2ncccn2)nc1. The summed E-state index contributed by atoms with van der Waals surface area (Å²) in [6.07, 6.45) is 11.2. The van der Waals surface area contributed by atoms with E-state index in [9.17, 15) is 0 Å². The molecule has 2 heterocycles. The molecule has 0 saturated heterocycles. The van der Waals surface area contributed by atoms with Crippen LogP contribution in [0.25, 0.3) is 0 Å². The number of hydrogen-bond donors (Lipinski definition) is 2. The summed E-state index contributed by atoms with van der Waals surface area (Å²) in [4.78, 5) is 12.9. The zero-order valence-electron chi connectivity index (χ0n) is 17.1. The first-order valence-electron chi connectivity index (χ1n) is 10.3. The van der Waals surface area contributed by atoms with E-state index in [-0.39, 0.29) is 5.41 Å². The molecule has 160 valence electrons. The highest BCUT2D eigenvalue weighted by molar-refractivity contribution is 7.99. The van der Waals surface area contributed by atoms with E-state index in [1.54, 1.807) is 24.7 Å². The molecule has 8 heteroatoms. The van der Waals surface area contributed by atoms with Gasteiger partial charge in [0.2, 0.25) is 0 Å². The van der Waals surface area contributed by atoms with Crippen LogP contribution in [0.1, 0.15) is 37.7 Å². The van der Waals surface area contributed by atoms with Crippen LogP contribution >= 0.6 is 35.6 Å². The third kappa shape index (κ3) is 5.93. The van der Waals surface area contributed by atoms with Crippen LogP contribution in [0.2, 0.25) is 5.02 Å². The van der Waals surface area contributed by atoms with E-state index in [0.717, 1.165) is 35.1 Å². The lowest BCUT2D eigenvalue weighted by molar-refractivity contribution is 0.292. The molecule has 0 amide bonds. The van der Waals surface area contributed by atoms with Gasteiger partial charge in [-0.05, 0) is 72.7 Å². The Labute approximate surface area is 197 Å². The van der Waals surface area contributed by atoms with Gasteiger partial charge in [0, 0.05) is 29.4 Å². The summed E-state index contributed by atoms with van der Waals surface area (Å²) in [6.45, 7) is 0.784. The first-order valence-corrected chi connectivity index (χ1v) is 12.0. The maximum Gasteiger partial charge on any atom is 0.193 e. The Hall–Kier alpha value is -2.22. The fourth-order valence-corrected chi connectivity index (χ4v) is 5.02. The molecule has 0 spiro atoms. The average Bonchev–Trinajstić information content (AvgIpc) is 2.80. The normalized spacial score (nSPS) is 15.3. The summed E-state index contributed by atoms with van der Waals surface area (Å²) in [6, 6.07) is 13.9. The lowest BCUT2D eigenvalue weighted by Crippen LogP contribution is -2.43. The van der Waals surface area contributed by atoms with Crippen molar-refractivity contribution in [3.8, 4) is 0 Å². The first-order chi connectivity index (χ1) is 15.1. The molecule has 1 fully saturated rings. The number of halogens is 1. The third-order valence-electron chi connectivity index (χ3n) is 5.57. The van der Waals surface area contributed by atoms with Crippen LogP contribution in [-0.4, -0.2) is 26.6 Å². The average molecular weight is 470 g/mol. The Bertz CT molecular complexity index is 1010. The van der Waals surface area contributed by atoms with Gasteiger partial charge in [-0.15, -0.1) is 0 Å². The maximum atomic E-state index is 6.28. The molecule has 3 aromatic rings. The van der Waals surface area contributed by atoms with Crippen LogP contribution in [0.15, 0.2) is 71.2 Å². The summed E-state index contributed by atoms with van der Waals surface area (Å²) in [5, 5.41) is 9.57. The Morgan fingerprint density at radius 1 is 1.03 bits per heavy atom. The van der Waals surface area contributed by atoms with E-state index in [2.05, 4.69) is 37.7 Å². The Kier molecular flexibility index (Phi) is 7.37. The summed E-state index contributed by atoms with van der Waals surface area (Å²) in [5.41, 5.74) is 2.20. The van der Waals surface area contributed by atoms with Crippen molar-refractivity contribution >= 4 is 46.4 Å². The van der Waals surface area contributed by atoms with Crippen molar-refractivity contribution in [2.75, 3.05) is 11.9 Å². The van der Waals surface area contributed by atoms with Crippen LogP contribution in [0.3, 0.4) is 0 Å². The molecule has 4 rings (SSSR count). The van der Waals surface area contributed by atoms with E-state index in [1.165, 1.54) is 36.6 Å². The first kappa shape index (κ1) is 22.0. The minimum Gasteiger partial charge on any atom is -0.362 e. The summed E-state index contributed by atoms with van der Waals surface area (Å²) in [7, 11) is 0. The lowest BCUT2D eigenvalue weighted by atomic mass is 9.69. The van der Waals surface area contributed by atoms with Crippen LogP contribution in [0.5, 0.6) is 0 Å². The Balaban J connectivity index is 1.36. The summed E-state index contributed by atoms with van der Waals surface area (Å²) >= 11 is 13.3. The van der Waals surface area contributed by atoms with Crippen LogP contribution in [-0.2, 0) is 5.41 Å². The molecule has 2 aromatic heterocycles. The van der Waals surface area contributed by atoms with Gasteiger partial charge in [0.1, 0.15) is 5.03 Å². The van der Waals surface area contributed by atoms with E-state index in [1.807, 2.05) is 24.3 Å². The Morgan fingerprint density at radius 3 is 2.55 bits per heavy atom. The maximum absolute atomic E-state index is 6.28. The van der Waals surface area contributed by atoms with Gasteiger partial charge in [0.15, 0.2) is 10.3 Å². The molecule has 1 aliphatic rings. The molecule has 0 bridgehead atoms. The number of pyridine rings is 1. The van der Waals surface area contributed by atoms with Crippen molar-refractivity contribution in [1.29, 1.82) is 0 Å². The third-order valence-corrected chi connectivity index (χ3v) is 6.89. The molecule has 1 saturated carbocycles. The Morgan fingerprint density at radius 2 is 1.84 bits per heavy atom. The van der Waals surface area contributed by atoms with E-state index in [4.69, 9.17) is 23.8 Å². The van der Waals surface area contributed by atoms with Gasteiger partial charge in [-0.1, -0.05) is 43.0 Å². The summed E-state index contributed by atoms with van der Waals surface area (Å²) < 4.78 is 0. The standard InChI is InChI=1S/C23H24ClN5S2/c24-18-7-4-6-17(14-18)23(10-2-1-3-11-23)16-28-21(30)29-19-8-9-20(27-15-19)31-22-25-12-5-13-26-22/h4-9,12-15H,1-3,10-11,16H2,(H2,28,29,30). The molecule has 0 unspecified atom stereocenters. The number of nitrogens with zero attached hydrogens (tertiary/aromatic N) is 3. The smallest absolute Gasteiger partial charge is 0.193 e. The van der Waals surface area contributed by atoms with Crippen molar-refractivity contribution < 1.29 is 0 Å². The van der Waals surface area contributed by atoms with Gasteiger partial charge in [-0.2, -0.15) is 0 Å². The van der Waals surface area contributed by atoms with Crippen molar-refractivity contribution in [2.45, 2.75) is 47.7 Å². The minimum atomic E-state index is 0.0589. The largest absolute Gasteiger partial charge is 0.362 e. The fourth-order valence-electron chi connectivity index (χ4n) is 3.99.